The van der Waals surface area contributed by atoms with Gasteiger partial charge in [-0.1, -0.05) is 0 Å². The van der Waals surface area contributed by atoms with Gasteiger partial charge in [-0.2, -0.15) is 0 Å². The van der Waals surface area contributed by atoms with E-state index in [1.807, 2.05) is 24.8 Å². The highest BCUT2D eigenvalue weighted by atomic mass is 16.7. The van der Waals surface area contributed by atoms with Gasteiger partial charge in [0, 0.05) is 25.2 Å². The fraction of sp³-hybridized carbons (Fsp3) is 0.688. The number of piperidine rings is 1. The smallest absolute Gasteiger partial charge is 0.317 e. The molecule has 0 saturated carbocycles. The maximum absolute atomic E-state index is 12.4. The molecule has 2 amide bonds. The molecule has 0 radical (unpaired) electrons. The van der Waals surface area contributed by atoms with Crippen LogP contribution >= 0.6 is 0 Å². The Morgan fingerprint density at radius 3 is 3.00 bits per heavy atom. The van der Waals surface area contributed by atoms with E-state index in [4.69, 9.17) is 9.47 Å². The number of amides is 2. The third-order valence-corrected chi connectivity index (χ3v) is 4.57. The fourth-order valence-corrected chi connectivity index (χ4v) is 3.24. The molecule has 2 aliphatic rings. The summed E-state index contributed by atoms with van der Waals surface area (Å²) >= 11 is 0. The minimum atomic E-state index is -0.553. The summed E-state index contributed by atoms with van der Waals surface area (Å²) in [6, 6.07) is 1.75. The molecule has 2 saturated heterocycles. The van der Waals surface area contributed by atoms with Gasteiger partial charge in [-0.05, 0) is 32.8 Å². The number of ether oxygens (including phenoxy) is 2. The Morgan fingerprint density at radius 2 is 2.26 bits per heavy atom. The summed E-state index contributed by atoms with van der Waals surface area (Å²) in [5, 5.41) is 2.93. The average molecular weight is 320 g/mol. The molecule has 23 heavy (non-hydrogen) atoms. The molecule has 126 valence electrons. The van der Waals surface area contributed by atoms with Crippen molar-refractivity contribution >= 4 is 6.03 Å². The number of nitrogens with one attached hydrogen (secondary N) is 1. The summed E-state index contributed by atoms with van der Waals surface area (Å²) in [7, 11) is 0. The predicted octanol–water partition coefficient (Wildman–Crippen LogP) is 1.47. The molecular formula is C16H24N4O3. The maximum Gasteiger partial charge on any atom is 0.317 e. The molecule has 7 nitrogen and oxygen atoms in total. The van der Waals surface area contributed by atoms with Crippen LogP contribution in [-0.4, -0.2) is 53.0 Å². The number of urea groups is 1. The van der Waals surface area contributed by atoms with Crippen LogP contribution in [0.4, 0.5) is 4.79 Å². The van der Waals surface area contributed by atoms with Gasteiger partial charge in [0.1, 0.15) is 5.82 Å². The minimum absolute atomic E-state index is 0.0624. The van der Waals surface area contributed by atoms with Crippen molar-refractivity contribution in [2.24, 2.45) is 5.92 Å². The van der Waals surface area contributed by atoms with E-state index in [0.717, 1.165) is 25.1 Å². The lowest BCUT2D eigenvalue weighted by atomic mass is 9.90. The molecule has 0 spiro atoms. The van der Waals surface area contributed by atoms with Crippen LogP contribution in [0.5, 0.6) is 0 Å². The van der Waals surface area contributed by atoms with Gasteiger partial charge >= 0.3 is 6.03 Å². The summed E-state index contributed by atoms with van der Waals surface area (Å²) in [6.07, 6.45) is 3.69. The topological polar surface area (TPSA) is 76.6 Å². The van der Waals surface area contributed by atoms with Gasteiger partial charge in [-0.25, -0.2) is 14.8 Å². The van der Waals surface area contributed by atoms with Gasteiger partial charge in [0.15, 0.2) is 5.79 Å². The number of aryl methyl sites for hydroxylation is 1. The van der Waals surface area contributed by atoms with E-state index in [1.54, 1.807) is 6.20 Å². The largest absolute Gasteiger partial charge is 0.347 e. The van der Waals surface area contributed by atoms with E-state index >= 15 is 0 Å². The number of hydrogen-bond acceptors (Lipinski definition) is 5. The monoisotopic (exact) mass is 320 g/mol. The molecule has 1 aromatic heterocycles. The van der Waals surface area contributed by atoms with Crippen LogP contribution in [0.1, 0.15) is 31.3 Å². The maximum atomic E-state index is 12.4. The molecule has 0 aromatic carbocycles. The molecule has 1 N–H and O–H groups in total. The van der Waals surface area contributed by atoms with Gasteiger partial charge in [0.05, 0.1) is 25.5 Å². The van der Waals surface area contributed by atoms with Gasteiger partial charge in [-0.3, -0.25) is 0 Å². The van der Waals surface area contributed by atoms with E-state index < -0.39 is 5.79 Å². The molecule has 1 atom stereocenters. The van der Waals surface area contributed by atoms with Crippen LogP contribution in [0.15, 0.2) is 12.3 Å². The van der Waals surface area contributed by atoms with Crippen molar-refractivity contribution < 1.29 is 14.3 Å². The lowest BCUT2D eigenvalue weighted by Crippen LogP contribution is -2.51. The van der Waals surface area contributed by atoms with E-state index in [-0.39, 0.29) is 11.9 Å². The number of hydrogen-bond donors (Lipinski definition) is 1. The fourth-order valence-electron chi connectivity index (χ4n) is 3.24. The highest BCUT2D eigenvalue weighted by Crippen LogP contribution is 2.34. The Labute approximate surface area is 136 Å². The zero-order valence-electron chi connectivity index (χ0n) is 13.7. The predicted molar refractivity (Wildman–Crippen MR) is 83.6 cm³/mol. The first-order valence-electron chi connectivity index (χ1n) is 8.16. The highest BCUT2D eigenvalue weighted by molar-refractivity contribution is 5.74. The van der Waals surface area contributed by atoms with Crippen molar-refractivity contribution in [1.29, 1.82) is 0 Å². The van der Waals surface area contributed by atoms with Crippen molar-refractivity contribution in [3.8, 4) is 0 Å². The van der Waals surface area contributed by atoms with Crippen LogP contribution in [0, 0.1) is 12.8 Å². The molecule has 7 heteroatoms. The van der Waals surface area contributed by atoms with Crippen molar-refractivity contribution in [1.82, 2.24) is 20.2 Å². The van der Waals surface area contributed by atoms with Crippen molar-refractivity contribution in [2.75, 3.05) is 26.3 Å². The van der Waals surface area contributed by atoms with Crippen molar-refractivity contribution in [2.45, 2.75) is 39.0 Å². The number of aromatic nitrogens is 2. The SMILES string of the molecule is Cc1nccc(CNC(=O)N2CCCC(C3(C)OCCO3)C2)n1. The second-order valence-corrected chi connectivity index (χ2v) is 6.25. The second kappa shape index (κ2) is 6.80. The summed E-state index contributed by atoms with van der Waals surface area (Å²) in [6.45, 7) is 6.91. The minimum Gasteiger partial charge on any atom is -0.347 e. The first kappa shape index (κ1) is 16.1. The van der Waals surface area contributed by atoms with E-state index in [1.165, 1.54) is 0 Å². The molecule has 2 fully saturated rings. The van der Waals surface area contributed by atoms with Gasteiger partial charge in [-0.15, -0.1) is 0 Å². The molecule has 1 aromatic rings. The normalized spacial score (nSPS) is 23.7. The molecule has 3 rings (SSSR count). The zero-order chi connectivity index (χ0) is 16.3. The molecule has 1 unspecified atom stereocenters. The number of nitrogens with zero attached hydrogens (tertiary/aromatic N) is 3. The Balaban J connectivity index is 1.54. The Hall–Kier alpha value is -1.73. The van der Waals surface area contributed by atoms with E-state index in [2.05, 4.69) is 15.3 Å². The molecule has 0 aliphatic carbocycles. The number of carbonyl (C=O) groups is 1. The van der Waals surface area contributed by atoms with E-state index in [0.29, 0.717) is 32.1 Å². The molecule has 3 heterocycles. The van der Waals surface area contributed by atoms with Crippen molar-refractivity contribution in [3.63, 3.8) is 0 Å². The van der Waals surface area contributed by atoms with Crippen LogP contribution in [0.25, 0.3) is 0 Å². The average Bonchev–Trinajstić information content (AvgIpc) is 3.01. The zero-order valence-corrected chi connectivity index (χ0v) is 13.7. The van der Waals surface area contributed by atoms with Crippen molar-refractivity contribution in [3.05, 3.63) is 23.8 Å². The summed E-state index contributed by atoms with van der Waals surface area (Å²) in [4.78, 5) is 22.6. The second-order valence-electron chi connectivity index (χ2n) is 6.25. The Kier molecular flexibility index (Phi) is 4.77. The van der Waals surface area contributed by atoms with Gasteiger partial charge < -0.3 is 19.7 Å². The van der Waals surface area contributed by atoms with Gasteiger partial charge in [0.25, 0.3) is 0 Å². The summed E-state index contributed by atoms with van der Waals surface area (Å²) in [5.74, 6) is 0.368. The van der Waals surface area contributed by atoms with Gasteiger partial charge in [0.2, 0.25) is 0 Å². The van der Waals surface area contributed by atoms with Crippen LogP contribution in [0.2, 0.25) is 0 Å². The Bertz CT molecular complexity index is 560. The van der Waals surface area contributed by atoms with Crippen LogP contribution in [-0.2, 0) is 16.0 Å². The molecular weight excluding hydrogens is 296 g/mol. The van der Waals surface area contributed by atoms with E-state index in [9.17, 15) is 4.79 Å². The standard InChI is InChI=1S/C16H24N4O3/c1-12-17-6-5-14(19-12)10-18-15(21)20-7-3-4-13(11-20)16(2)22-8-9-23-16/h5-6,13H,3-4,7-11H2,1-2H3,(H,18,21). The number of carbonyl (C=O) groups excluding carboxylic acids is 1. The third kappa shape index (κ3) is 3.79. The lowest BCUT2D eigenvalue weighted by Gasteiger charge is -2.39. The quantitative estimate of drug-likeness (QED) is 0.912. The lowest BCUT2D eigenvalue weighted by molar-refractivity contribution is -0.189. The Morgan fingerprint density at radius 1 is 1.48 bits per heavy atom. The van der Waals surface area contributed by atoms with Crippen LogP contribution < -0.4 is 5.32 Å². The highest BCUT2D eigenvalue weighted by Gasteiger charge is 2.42. The first-order valence-corrected chi connectivity index (χ1v) is 8.16. The van der Waals surface area contributed by atoms with Crippen LogP contribution in [0.3, 0.4) is 0 Å². The number of rotatable bonds is 3. The summed E-state index contributed by atoms with van der Waals surface area (Å²) in [5.41, 5.74) is 0.814. The molecule has 0 bridgehead atoms. The first-order chi connectivity index (χ1) is 11.1. The summed E-state index contributed by atoms with van der Waals surface area (Å²) < 4.78 is 11.5. The molecule has 2 aliphatic heterocycles. The third-order valence-electron chi connectivity index (χ3n) is 4.57. The number of likely N-dealkylation sites (tertiary alicyclic amines) is 1.